The van der Waals surface area contributed by atoms with Gasteiger partial charge >= 0.3 is 0 Å². The minimum Gasteiger partial charge on any atom is -0.394 e. The second-order valence-electron chi connectivity index (χ2n) is 22.3. The van der Waals surface area contributed by atoms with Gasteiger partial charge in [-0.05, 0) is 0 Å². The first-order valence-corrected chi connectivity index (χ1v) is 29.2. The van der Waals surface area contributed by atoms with E-state index >= 15 is 0 Å². The number of nitrogens with one attached hydrogen (secondary N) is 4. The van der Waals surface area contributed by atoms with Crippen LogP contribution in [0.4, 0.5) is 29.6 Å². The number of fused-ring (bicyclic) bond motifs is 5. The van der Waals surface area contributed by atoms with Crippen LogP contribution in [0.1, 0.15) is 31.1 Å². The second-order valence-corrected chi connectivity index (χ2v) is 22.3. The largest absolute Gasteiger partial charge is 0.394 e. The van der Waals surface area contributed by atoms with Crippen LogP contribution >= 0.6 is 0 Å². The Morgan fingerprint density at radius 2 is 0.525 bits per heavy atom. The minimum atomic E-state index is -1.29. The SMILES string of the molecule is Nc1nc2c(ncn2[C@@H]2O[C@H](CO)[C@@H](O)[C@H]2O)c(=O)[nH]1.Nc1nc2c(ncn2[C@@H]2O[C@H](CO)[C@@H](O)[C@H]2O)c(=O)[nH]1.Nc1nc2c(ncn2[C@@H]2O[C@H](CO)[C@@H](O)[C@H]2O)c(=O)[nH]1.Nc1nc2c(ncn2[C@@H]2O[C@H](CO)[C@@H](O)[C@H]2O)c(=O)[nH]1.Nc1ncnc2c1ncn2[C@@H]1O[C@H](CO)[C@@H](O)[C@H]1O. The summed E-state index contributed by atoms with van der Waals surface area (Å²) in [6.07, 6.45) is -14.3. The molecule has 0 bridgehead atoms. The average molecular weight is 1400 g/mol. The molecule has 49 nitrogen and oxygen atoms in total. The monoisotopic (exact) mass is 1400 g/mol. The maximum atomic E-state index is 11.7. The molecule has 5 aliphatic heterocycles. The number of hydrogen-bond acceptors (Lipinski definition) is 40. The van der Waals surface area contributed by atoms with Crippen molar-refractivity contribution in [2.75, 3.05) is 61.7 Å². The lowest BCUT2D eigenvalue weighted by atomic mass is 10.1. The third kappa shape index (κ3) is 13.1. The molecule has 534 valence electrons. The molecule has 29 N–H and O–H groups in total. The van der Waals surface area contributed by atoms with E-state index in [1.807, 2.05) is 0 Å². The van der Waals surface area contributed by atoms with E-state index in [1.54, 1.807) is 0 Å². The molecule has 15 heterocycles. The Morgan fingerprint density at radius 1 is 0.313 bits per heavy atom. The first-order chi connectivity index (χ1) is 47.2. The predicted octanol–water partition coefficient (Wildman–Crippen LogP) is -12.7. The summed E-state index contributed by atoms with van der Waals surface area (Å²) in [5.74, 6) is -0.186. The quantitative estimate of drug-likeness (QED) is 0.0604. The van der Waals surface area contributed by atoms with Crippen molar-refractivity contribution in [1.82, 2.24) is 97.6 Å². The third-order valence-corrected chi connectivity index (χ3v) is 16.1. The summed E-state index contributed by atoms with van der Waals surface area (Å²) in [6.45, 7) is -2.18. The Bertz CT molecular complexity index is 4270. The summed E-state index contributed by atoms with van der Waals surface area (Å²) in [5.41, 5.74) is 26.9. The van der Waals surface area contributed by atoms with Gasteiger partial charge in [0.15, 0.2) is 87.3 Å². The number of H-pyrrole nitrogens is 4. The van der Waals surface area contributed by atoms with Crippen molar-refractivity contribution < 1.29 is 100 Å². The summed E-state index contributed by atoms with van der Waals surface area (Å²) in [5, 5.41) is 144. The summed E-state index contributed by atoms with van der Waals surface area (Å²) < 4.78 is 33.4. The maximum Gasteiger partial charge on any atom is 0.280 e. The van der Waals surface area contributed by atoms with Crippen molar-refractivity contribution in [2.45, 2.75) is 123 Å². The molecule has 0 spiro atoms. The fraction of sp³-hybridized carbons (Fsp3) is 0.500. The van der Waals surface area contributed by atoms with E-state index < -0.39 is 178 Å². The van der Waals surface area contributed by atoms with Gasteiger partial charge in [-0.2, -0.15) is 19.9 Å². The number of rotatable bonds is 10. The summed E-state index contributed by atoms with van der Waals surface area (Å²) in [7, 11) is 0. The van der Waals surface area contributed by atoms with E-state index in [1.165, 1.54) is 60.8 Å². The van der Waals surface area contributed by atoms with E-state index in [-0.39, 0.29) is 74.3 Å². The van der Waals surface area contributed by atoms with Crippen LogP contribution in [0.3, 0.4) is 0 Å². The second kappa shape index (κ2) is 28.5. The molecule has 5 fully saturated rings. The van der Waals surface area contributed by atoms with Crippen LogP contribution in [-0.4, -0.2) is 299 Å². The van der Waals surface area contributed by atoms with Crippen molar-refractivity contribution in [1.29, 1.82) is 0 Å². The minimum absolute atomic E-state index is 0.0388. The van der Waals surface area contributed by atoms with Gasteiger partial charge < -0.3 is 129 Å². The van der Waals surface area contributed by atoms with E-state index in [0.717, 1.165) is 0 Å². The van der Waals surface area contributed by atoms with Gasteiger partial charge in [0.05, 0.1) is 64.7 Å². The Hall–Kier alpha value is -9.85. The van der Waals surface area contributed by atoms with Crippen LogP contribution in [0.15, 0.2) is 57.1 Å². The van der Waals surface area contributed by atoms with E-state index in [2.05, 4.69) is 74.8 Å². The third-order valence-electron chi connectivity index (χ3n) is 16.1. The fourth-order valence-corrected chi connectivity index (χ4v) is 11.1. The number of aliphatic hydroxyl groups excluding tert-OH is 15. The normalized spacial score (nSPS) is 30.3. The highest BCUT2D eigenvalue weighted by Crippen LogP contribution is 2.36. The first-order valence-electron chi connectivity index (χ1n) is 29.2. The molecule has 0 saturated carbocycles. The maximum absolute atomic E-state index is 11.7. The zero-order valence-corrected chi connectivity index (χ0v) is 50.5. The van der Waals surface area contributed by atoms with Crippen LogP contribution in [-0.2, 0) is 23.7 Å². The number of hydrogen-bond donors (Lipinski definition) is 24. The smallest absolute Gasteiger partial charge is 0.280 e. The number of nitrogens with two attached hydrogens (primary N) is 5. The van der Waals surface area contributed by atoms with E-state index in [0.29, 0.717) is 11.2 Å². The highest BCUT2D eigenvalue weighted by atomic mass is 16.6. The van der Waals surface area contributed by atoms with Crippen LogP contribution in [0, 0.1) is 0 Å². The van der Waals surface area contributed by atoms with Crippen molar-refractivity contribution in [3.05, 3.63) is 79.4 Å². The molecule has 0 aliphatic carbocycles. The van der Waals surface area contributed by atoms with Crippen molar-refractivity contribution >= 4 is 85.4 Å². The van der Waals surface area contributed by atoms with Crippen molar-refractivity contribution in [3.8, 4) is 0 Å². The molecule has 0 aromatic carbocycles. The van der Waals surface area contributed by atoms with Gasteiger partial charge in [0.25, 0.3) is 22.2 Å². The van der Waals surface area contributed by atoms with Crippen molar-refractivity contribution in [3.63, 3.8) is 0 Å². The van der Waals surface area contributed by atoms with Gasteiger partial charge in [0, 0.05) is 0 Å². The zero-order chi connectivity index (χ0) is 71.3. The molecular formula is C50H65N25O24. The number of imidazole rings is 5. The average Bonchev–Trinajstić information content (AvgIpc) is 1.51. The Balaban J connectivity index is 0.000000125. The molecule has 5 aliphatic rings. The molecule has 5 saturated heterocycles. The molecule has 0 amide bonds. The Kier molecular flexibility index (Phi) is 20.3. The van der Waals surface area contributed by atoms with Gasteiger partial charge in [-0.15, -0.1) is 0 Å². The molecule has 0 radical (unpaired) electrons. The number of aromatic amines is 4. The van der Waals surface area contributed by atoms with Gasteiger partial charge in [0.2, 0.25) is 23.8 Å². The lowest BCUT2D eigenvalue weighted by Crippen LogP contribution is -2.33. The zero-order valence-electron chi connectivity index (χ0n) is 50.5. The summed E-state index contributed by atoms with van der Waals surface area (Å²) in [4.78, 5) is 99.0. The number of ether oxygens (including phenoxy) is 5. The Labute approximate surface area is 545 Å². The molecule has 10 aromatic rings. The highest BCUT2D eigenvalue weighted by molar-refractivity contribution is 5.81. The van der Waals surface area contributed by atoms with Crippen molar-refractivity contribution in [2.24, 2.45) is 0 Å². The number of nitrogen functional groups attached to an aromatic ring is 5. The van der Waals surface area contributed by atoms with Gasteiger partial charge in [-0.1, -0.05) is 0 Å². The van der Waals surface area contributed by atoms with Crippen LogP contribution in [0.5, 0.6) is 0 Å². The molecule has 49 heteroatoms. The number of anilines is 5. The van der Waals surface area contributed by atoms with Crippen LogP contribution in [0.25, 0.3) is 55.8 Å². The van der Waals surface area contributed by atoms with Gasteiger partial charge in [-0.25, -0.2) is 34.9 Å². The summed E-state index contributed by atoms with van der Waals surface area (Å²) in [6, 6.07) is 0. The lowest BCUT2D eigenvalue weighted by molar-refractivity contribution is -0.0511. The fourth-order valence-electron chi connectivity index (χ4n) is 11.1. The van der Waals surface area contributed by atoms with Gasteiger partial charge in [-0.3, -0.25) is 61.9 Å². The van der Waals surface area contributed by atoms with Gasteiger partial charge in [0.1, 0.15) is 103 Å². The topological polar surface area (TPSA) is 778 Å². The van der Waals surface area contributed by atoms with Crippen LogP contribution < -0.4 is 50.9 Å². The molecule has 10 aromatic heterocycles. The highest BCUT2D eigenvalue weighted by Gasteiger charge is 2.48. The van der Waals surface area contributed by atoms with E-state index in [9.17, 15) is 70.2 Å². The molecular weight excluding hydrogens is 1330 g/mol. The standard InChI is InChI=1S/4C10H13N5O5.C10H13N5O4/c4*11-10-13-7-4(8(19)14-10)12-2-15(7)9-6(18)5(17)3(1-16)20-9;11-8-5-9(13-2-12-8)15(3-14-5)10-7(18)6(17)4(1-16)19-10/h4*2-3,5-6,9,16-18H,1H2,(H3,11,13,14,19);2-4,6-7,10,16-18H,1H2,(H2,11,12,13)/t4*3-,5-,6-,9-;4-,6-,7-,10-/m11111/s1. The lowest BCUT2D eigenvalue weighted by Gasteiger charge is -2.16. The summed E-state index contributed by atoms with van der Waals surface area (Å²) >= 11 is 0. The predicted molar refractivity (Wildman–Crippen MR) is 325 cm³/mol. The number of aliphatic hydroxyl groups is 15. The number of nitrogens with zero attached hydrogens (tertiary/aromatic N) is 16. The number of aromatic nitrogens is 20. The molecule has 20 atom stereocenters. The molecule has 0 unspecified atom stereocenters. The molecule has 99 heavy (non-hydrogen) atoms. The van der Waals surface area contributed by atoms with Crippen LogP contribution in [0.2, 0.25) is 0 Å². The Morgan fingerprint density at radius 3 is 0.737 bits per heavy atom. The first kappa shape index (κ1) is 70.5. The van der Waals surface area contributed by atoms with E-state index in [4.69, 9.17) is 77.9 Å². The molecule has 15 rings (SSSR count).